The molecule has 0 unspecified atom stereocenters. The monoisotopic (exact) mass is 175 g/mol. The number of nitrogen functional groups attached to an aromatic ring is 1. The summed E-state index contributed by atoms with van der Waals surface area (Å²) < 4.78 is 0.725. The first-order valence-electron chi connectivity index (χ1n) is 3.27. The molecule has 0 aliphatic carbocycles. The lowest BCUT2D eigenvalue weighted by atomic mass is 10.3. The van der Waals surface area contributed by atoms with Gasteiger partial charge in [0.1, 0.15) is 4.34 Å². The van der Waals surface area contributed by atoms with Gasteiger partial charge in [-0.3, -0.25) is 0 Å². The Bertz CT molecular complexity index is 200. The van der Waals surface area contributed by atoms with E-state index in [-0.39, 0.29) is 0 Å². The van der Waals surface area contributed by atoms with Crippen molar-refractivity contribution in [1.29, 1.82) is 0 Å². The lowest BCUT2D eigenvalue weighted by molar-refractivity contribution is 0.940. The third-order valence-corrected chi connectivity index (χ3v) is 2.71. The maximum Gasteiger partial charge on any atom is 0.116 e. The van der Waals surface area contributed by atoms with E-state index in [1.807, 2.05) is 6.07 Å². The van der Waals surface area contributed by atoms with Crippen LogP contribution in [0.2, 0.25) is 4.34 Å². The van der Waals surface area contributed by atoms with Gasteiger partial charge in [0.2, 0.25) is 0 Å². The van der Waals surface area contributed by atoms with Crippen molar-refractivity contribution in [2.45, 2.75) is 19.8 Å². The summed E-state index contributed by atoms with van der Waals surface area (Å²) in [6.45, 7) is 2.14. The second-order valence-electron chi connectivity index (χ2n) is 2.19. The Labute approximate surface area is 69.8 Å². The van der Waals surface area contributed by atoms with Gasteiger partial charge in [-0.05, 0) is 12.5 Å². The van der Waals surface area contributed by atoms with Crippen molar-refractivity contribution in [1.82, 2.24) is 0 Å². The molecule has 56 valence electrons. The zero-order valence-corrected chi connectivity index (χ0v) is 7.43. The van der Waals surface area contributed by atoms with Gasteiger partial charge in [-0.2, -0.15) is 0 Å². The van der Waals surface area contributed by atoms with Crippen molar-refractivity contribution in [2.24, 2.45) is 0 Å². The average Bonchev–Trinajstić information content (AvgIpc) is 2.14. The minimum absolute atomic E-state index is 0.718. The van der Waals surface area contributed by atoms with Crippen molar-refractivity contribution in [3.63, 3.8) is 0 Å². The number of hydrogen-bond donors (Lipinski definition) is 1. The summed E-state index contributed by atoms with van der Waals surface area (Å²) in [5, 5.41) is 0. The Morgan fingerprint density at radius 1 is 1.70 bits per heavy atom. The van der Waals surface area contributed by atoms with Crippen LogP contribution < -0.4 is 5.73 Å². The smallest absolute Gasteiger partial charge is 0.116 e. The zero-order chi connectivity index (χ0) is 7.56. The summed E-state index contributed by atoms with van der Waals surface area (Å²) in [6, 6.07) is 1.95. The molecule has 1 aromatic rings. The van der Waals surface area contributed by atoms with Crippen LogP contribution in [0.25, 0.3) is 0 Å². The largest absolute Gasteiger partial charge is 0.397 e. The molecule has 0 aromatic carbocycles. The fraction of sp³-hybridized carbons (Fsp3) is 0.429. The first kappa shape index (κ1) is 7.89. The summed E-state index contributed by atoms with van der Waals surface area (Å²) in [5.74, 6) is 0. The Balaban J connectivity index is 2.77. The molecule has 3 heteroatoms. The molecule has 1 rings (SSSR count). The van der Waals surface area contributed by atoms with Gasteiger partial charge in [-0.1, -0.05) is 24.9 Å². The zero-order valence-electron chi connectivity index (χ0n) is 5.86. The quantitative estimate of drug-likeness (QED) is 0.735. The number of anilines is 1. The molecule has 0 aliphatic heterocycles. The van der Waals surface area contributed by atoms with E-state index in [4.69, 9.17) is 17.3 Å². The lowest BCUT2D eigenvalue weighted by Crippen LogP contribution is -1.79. The molecule has 0 aliphatic rings. The first-order chi connectivity index (χ1) is 4.74. The third-order valence-electron chi connectivity index (χ3n) is 1.26. The van der Waals surface area contributed by atoms with Gasteiger partial charge in [-0.15, -0.1) is 11.3 Å². The average molecular weight is 176 g/mol. The maximum absolute atomic E-state index is 5.76. The number of hydrogen-bond acceptors (Lipinski definition) is 2. The molecule has 0 saturated heterocycles. The molecule has 0 bridgehead atoms. The highest BCUT2D eigenvalue weighted by molar-refractivity contribution is 7.16. The van der Waals surface area contributed by atoms with Crippen LogP contribution in [-0.2, 0) is 6.42 Å². The highest BCUT2D eigenvalue weighted by Crippen LogP contribution is 2.30. The van der Waals surface area contributed by atoms with E-state index >= 15 is 0 Å². The van der Waals surface area contributed by atoms with Crippen molar-refractivity contribution < 1.29 is 0 Å². The van der Waals surface area contributed by atoms with Crippen molar-refractivity contribution in [3.05, 3.63) is 15.3 Å². The van der Waals surface area contributed by atoms with Crippen LogP contribution in [0, 0.1) is 0 Å². The normalized spacial score (nSPS) is 10.2. The minimum atomic E-state index is 0.718. The Hall–Kier alpha value is -0.210. The fourth-order valence-corrected chi connectivity index (χ4v) is 2.05. The van der Waals surface area contributed by atoms with Gasteiger partial charge < -0.3 is 5.73 Å². The van der Waals surface area contributed by atoms with Gasteiger partial charge in [0.05, 0.1) is 5.69 Å². The number of thiophene rings is 1. The van der Waals surface area contributed by atoms with Gasteiger partial charge in [0, 0.05) is 4.88 Å². The van der Waals surface area contributed by atoms with Crippen molar-refractivity contribution in [3.8, 4) is 0 Å². The Kier molecular flexibility index (Phi) is 2.57. The molecule has 1 nitrogen and oxygen atoms in total. The van der Waals surface area contributed by atoms with E-state index in [9.17, 15) is 0 Å². The third kappa shape index (κ3) is 1.64. The SMILES string of the molecule is CCCc1cc(N)c(Cl)s1. The molecular formula is C7H10ClNS. The van der Waals surface area contributed by atoms with Gasteiger partial charge in [-0.25, -0.2) is 0 Å². The predicted molar refractivity (Wildman–Crippen MR) is 47.7 cm³/mol. The molecule has 2 N–H and O–H groups in total. The minimum Gasteiger partial charge on any atom is -0.397 e. The van der Waals surface area contributed by atoms with Gasteiger partial charge in [0.25, 0.3) is 0 Å². The fourth-order valence-electron chi connectivity index (χ4n) is 0.803. The Morgan fingerprint density at radius 2 is 2.40 bits per heavy atom. The van der Waals surface area contributed by atoms with Crippen LogP contribution in [0.5, 0.6) is 0 Å². The highest BCUT2D eigenvalue weighted by Gasteiger charge is 2.01. The number of rotatable bonds is 2. The summed E-state index contributed by atoms with van der Waals surface area (Å²) in [7, 11) is 0. The number of halogens is 1. The summed E-state index contributed by atoms with van der Waals surface area (Å²) in [6.07, 6.45) is 2.23. The summed E-state index contributed by atoms with van der Waals surface area (Å²) in [5.41, 5.74) is 6.27. The van der Waals surface area contributed by atoms with E-state index in [1.165, 1.54) is 4.88 Å². The maximum atomic E-state index is 5.76. The van der Waals surface area contributed by atoms with Crippen LogP contribution in [-0.4, -0.2) is 0 Å². The molecule has 0 amide bonds. The van der Waals surface area contributed by atoms with Crippen LogP contribution in [0.1, 0.15) is 18.2 Å². The highest BCUT2D eigenvalue weighted by atomic mass is 35.5. The van der Waals surface area contributed by atoms with E-state index in [2.05, 4.69) is 6.92 Å². The molecule has 10 heavy (non-hydrogen) atoms. The van der Waals surface area contributed by atoms with Crippen molar-refractivity contribution >= 4 is 28.6 Å². The standard InChI is InChI=1S/C7H10ClNS/c1-2-3-5-4-6(9)7(8)10-5/h4H,2-3,9H2,1H3. The van der Waals surface area contributed by atoms with E-state index < -0.39 is 0 Å². The lowest BCUT2D eigenvalue weighted by Gasteiger charge is -1.86. The van der Waals surface area contributed by atoms with Crippen LogP contribution in [0.4, 0.5) is 5.69 Å². The van der Waals surface area contributed by atoms with Gasteiger partial charge >= 0.3 is 0 Å². The molecule has 0 radical (unpaired) electrons. The molecular weight excluding hydrogens is 166 g/mol. The van der Waals surface area contributed by atoms with Crippen molar-refractivity contribution in [2.75, 3.05) is 5.73 Å². The van der Waals surface area contributed by atoms with Crippen LogP contribution in [0.15, 0.2) is 6.07 Å². The Morgan fingerprint density at radius 3 is 2.80 bits per heavy atom. The molecule has 0 atom stereocenters. The van der Waals surface area contributed by atoms with E-state index in [0.29, 0.717) is 0 Å². The van der Waals surface area contributed by atoms with Crippen LogP contribution >= 0.6 is 22.9 Å². The van der Waals surface area contributed by atoms with E-state index in [0.717, 1.165) is 22.9 Å². The number of nitrogens with two attached hydrogens (primary N) is 1. The topological polar surface area (TPSA) is 26.0 Å². The summed E-state index contributed by atoms with van der Waals surface area (Å²) in [4.78, 5) is 1.28. The molecule has 0 saturated carbocycles. The molecule has 1 heterocycles. The molecule has 0 spiro atoms. The van der Waals surface area contributed by atoms with Crippen LogP contribution in [0.3, 0.4) is 0 Å². The second kappa shape index (κ2) is 3.26. The second-order valence-corrected chi connectivity index (χ2v) is 3.93. The predicted octanol–water partition coefficient (Wildman–Crippen LogP) is 2.94. The number of aryl methyl sites for hydroxylation is 1. The van der Waals surface area contributed by atoms with E-state index in [1.54, 1.807) is 11.3 Å². The first-order valence-corrected chi connectivity index (χ1v) is 4.47. The van der Waals surface area contributed by atoms with Gasteiger partial charge in [0.15, 0.2) is 0 Å². The molecule has 0 fully saturated rings. The molecule has 1 aromatic heterocycles. The summed E-state index contributed by atoms with van der Waals surface area (Å²) >= 11 is 7.34.